The van der Waals surface area contributed by atoms with Crippen molar-refractivity contribution in [2.45, 2.75) is 31.0 Å². The van der Waals surface area contributed by atoms with Crippen LogP contribution in [0.3, 0.4) is 0 Å². The lowest BCUT2D eigenvalue weighted by Crippen LogP contribution is -2.44. The number of phenolic OH excluding ortho intramolecular Hbond substituents is 3. The normalized spacial score (nSPS) is 24.7. The number of hydrogen-bond acceptors (Lipinski definition) is 9. The van der Waals surface area contributed by atoms with Crippen LogP contribution in [0, 0.1) is 0 Å². The van der Waals surface area contributed by atoms with Gasteiger partial charge in [-0.3, -0.25) is 14.4 Å². The molecular formula is C21H18O9. The molecule has 0 unspecified atom stereocenters. The number of hydrogen-bond donors (Lipinski definition) is 5. The van der Waals surface area contributed by atoms with E-state index in [2.05, 4.69) is 0 Å². The summed E-state index contributed by atoms with van der Waals surface area (Å²) in [6.45, 7) is 1.31. The highest BCUT2D eigenvalue weighted by molar-refractivity contribution is 6.31. The van der Waals surface area contributed by atoms with E-state index in [-0.39, 0.29) is 23.1 Å². The van der Waals surface area contributed by atoms with Gasteiger partial charge in [-0.1, -0.05) is 0 Å². The van der Waals surface area contributed by atoms with E-state index in [1.54, 1.807) is 0 Å². The zero-order valence-electron chi connectivity index (χ0n) is 16.0. The summed E-state index contributed by atoms with van der Waals surface area (Å²) in [4.78, 5) is 38.5. The van der Waals surface area contributed by atoms with Crippen molar-refractivity contribution in [1.29, 1.82) is 0 Å². The Hall–Kier alpha value is -3.43. The first-order valence-corrected chi connectivity index (χ1v) is 9.03. The third-order valence-electron chi connectivity index (χ3n) is 5.77. The third-order valence-corrected chi connectivity index (χ3v) is 5.77. The number of aliphatic hydroxyl groups excluding tert-OH is 1. The summed E-state index contributed by atoms with van der Waals surface area (Å²) < 4.78 is 4.75. The Morgan fingerprint density at radius 3 is 2.20 bits per heavy atom. The first kappa shape index (κ1) is 19.9. The Morgan fingerprint density at radius 1 is 1.07 bits per heavy atom. The Morgan fingerprint density at radius 2 is 1.63 bits per heavy atom. The van der Waals surface area contributed by atoms with Gasteiger partial charge in [0.2, 0.25) is 5.78 Å². The fourth-order valence-corrected chi connectivity index (χ4v) is 4.45. The highest BCUT2D eigenvalue weighted by Gasteiger charge is 2.50. The maximum Gasteiger partial charge on any atom is 0.316 e. The standard InChI is InChI=1S/C21H18O9/c1-21(29)6-11(24)12-7(16(21)20(28)30-2)5-8-13(18(12)26)19(27)15-10(23)4-3-9(22)14(15)17(8)25/h3-5,11,16,22-24,26,29H,6H2,1-2H3/t11-,16+,21+/m0/s1. The minimum atomic E-state index is -1.76. The van der Waals surface area contributed by atoms with Crippen molar-refractivity contribution in [2.75, 3.05) is 7.11 Å². The summed E-state index contributed by atoms with van der Waals surface area (Å²) in [6.07, 6.45) is -1.78. The molecule has 156 valence electrons. The number of aromatic hydroxyl groups is 3. The lowest BCUT2D eigenvalue weighted by atomic mass is 9.68. The molecule has 2 aromatic carbocycles. The lowest BCUT2D eigenvalue weighted by Gasteiger charge is -2.40. The predicted molar refractivity (Wildman–Crippen MR) is 99.7 cm³/mol. The van der Waals surface area contributed by atoms with Gasteiger partial charge >= 0.3 is 5.97 Å². The average molecular weight is 414 g/mol. The summed E-state index contributed by atoms with van der Waals surface area (Å²) >= 11 is 0. The fourth-order valence-electron chi connectivity index (χ4n) is 4.45. The second-order valence-corrected chi connectivity index (χ2v) is 7.70. The number of rotatable bonds is 1. The molecule has 5 N–H and O–H groups in total. The smallest absolute Gasteiger partial charge is 0.316 e. The van der Waals surface area contributed by atoms with Crippen LogP contribution in [0.2, 0.25) is 0 Å². The summed E-state index contributed by atoms with van der Waals surface area (Å²) in [5.74, 6) is -5.82. The molecule has 0 heterocycles. The largest absolute Gasteiger partial charge is 0.507 e. The number of carbonyl (C=O) groups is 3. The molecule has 0 amide bonds. The average Bonchev–Trinajstić information content (AvgIpc) is 2.66. The van der Waals surface area contributed by atoms with Gasteiger partial charge in [-0.25, -0.2) is 0 Å². The molecule has 2 aliphatic rings. The van der Waals surface area contributed by atoms with Gasteiger partial charge in [-0.15, -0.1) is 0 Å². The number of esters is 1. The molecular weight excluding hydrogens is 396 g/mol. The van der Waals surface area contributed by atoms with E-state index >= 15 is 0 Å². The van der Waals surface area contributed by atoms with E-state index in [1.165, 1.54) is 6.92 Å². The van der Waals surface area contributed by atoms with E-state index in [1.807, 2.05) is 0 Å². The number of carbonyl (C=O) groups excluding carboxylic acids is 3. The van der Waals surface area contributed by atoms with Gasteiger partial charge in [0.05, 0.1) is 35.5 Å². The zero-order chi connectivity index (χ0) is 22.1. The molecule has 0 saturated heterocycles. The molecule has 9 nitrogen and oxygen atoms in total. The van der Waals surface area contributed by atoms with Gasteiger partial charge in [0.15, 0.2) is 5.78 Å². The lowest BCUT2D eigenvalue weighted by molar-refractivity contribution is -0.151. The van der Waals surface area contributed by atoms with E-state index in [9.17, 15) is 39.9 Å². The first-order valence-electron chi connectivity index (χ1n) is 9.03. The van der Waals surface area contributed by atoms with Gasteiger partial charge in [0, 0.05) is 17.5 Å². The molecule has 3 atom stereocenters. The van der Waals surface area contributed by atoms with Crippen molar-refractivity contribution in [3.05, 3.63) is 51.6 Å². The second-order valence-electron chi connectivity index (χ2n) is 7.70. The first-order chi connectivity index (χ1) is 14.0. The second kappa shape index (κ2) is 6.28. The van der Waals surface area contributed by atoms with Gasteiger partial charge in [-0.05, 0) is 30.7 Å². The molecule has 2 aliphatic carbocycles. The quantitative estimate of drug-likeness (QED) is 0.289. The van der Waals surface area contributed by atoms with Gasteiger partial charge in [0.1, 0.15) is 23.2 Å². The van der Waals surface area contributed by atoms with Crippen LogP contribution in [0.5, 0.6) is 17.2 Å². The SMILES string of the molecule is COC(=O)[C@H]1c2cc3c(c(O)c2[C@@H](O)C[C@@]1(C)O)C(=O)c1c(O)ccc(O)c1C3=O. The Balaban J connectivity index is 2.07. The van der Waals surface area contributed by atoms with Crippen LogP contribution in [-0.2, 0) is 9.53 Å². The molecule has 0 spiro atoms. The topological polar surface area (TPSA) is 162 Å². The third kappa shape index (κ3) is 2.45. The molecule has 30 heavy (non-hydrogen) atoms. The number of phenols is 3. The maximum atomic E-state index is 13.1. The van der Waals surface area contributed by atoms with Crippen molar-refractivity contribution in [3.63, 3.8) is 0 Å². The molecule has 0 fully saturated rings. The van der Waals surface area contributed by atoms with Crippen molar-refractivity contribution in [3.8, 4) is 17.2 Å². The number of ketones is 2. The van der Waals surface area contributed by atoms with Crippen molar-refractivity contribution in [2.24, 2.45) is 0 Å². The number of ether oxygens (including phenoxy) is 1. The molecule has 0 saturated carbocycles. The summed E-state index contributed by atoms with van der Waals surface area (Å²) in [5, 5.41) is 52.3. The molecule has 4 rings (SSSR count). The molecule has 9 heteroatoms. The summed E-state index contributed by atoms with van der Waals surface area (Å²) in [5.41, 5.74) is -3.71. The van der Waals surface area contributed by atoms with E-state index in [4.69, 9.17) is 4.74 Å². The van der Waals surface area contributed by atoms with E-state index in [0.717, 1.165) is 25.3 Å². The Kier molecular flexibility index (Phi) is 4.16. The number of methoxy groups -OCH3 is 1. The zero-order valence-corrected chi connectivity index (χ0v) is 16.0. The van der Waals surface area contributed by atoms with Crippen molar-refractivity contribution >= 4 is 17.5 Å². The molecule has 0 radical (unpaired) electrons. The summed E-state index contributed by atoms with van der Waals surface area (Å²) in [7, 11) is 1.10. The monoisotopic (exact) mass is 414 g/mol. The molecule has 0 aromatic heterocycles. The van der Waals surface area contributed by atoms with Crippen LogP contribution in [0.15, 0.2) is 18.2 Å². The predicted octanol–water partition coefficient (Wildman–Crippen LogP) is 1.02. The van der Waals surface area contributed by atoms with E-state index < -0.39 is 69.1 Å². The van der Waals surface area contributed by atoms with Gasteiger partial charge in [0.25, 0.3) is 0 Å². The Labute approximate surface area is 169 Å². The van der Waals surface area contributed by atoms with Crippen LogP contribution in [0.4, 0.5) is 0 Å². The van der Waals surface area contributed by atoms with Crippen LogP contribution >= 0.6 is 0 Å². The number of benzene rings is 2. The van der Waals surface area contributed by atoms with Crippen LogP contribution in [0.25, 0.3) is 0 Å². The van der Waals surface area contributed by atoms with Crippen LogP contribution in [0.1, 0.15) is 68.3 Å². The fraction of sp³-hybridized carbons (Fsp3) is 0.286. The van der Waals surface area contributed by atoms with Crippen LogP contribution in [-0.4, -0.2) is 55.8 Å². The minimum Gasteiger partial charge on any atom is -0.507 e. The number of aliphatic hydroxyl groups is 2. The highest BCUT2D eigenvalue weighted by atomic mass is 16.5. The summed E-state index contributed by atoms with van der Waals surface area (Å²) in [6, 6.07) is 3.23. The minimum absolute atomic E-state index is 0.0638. The molecule has 0 bridgehead atoms. The maximum absolute atomic E-state index is 13.1. The highest BCUT2D eigenvalue weighted by Crippen LogP contribution is 2.51. The van der Waals surface area contributed by atoms with E-state index in [0.29, 0.717) is 0 Å². The van der Waals surface area contributed by atoms with Crippen molar-refractivity contribution in [1.82, 2.24) is 0 Å². The number of fused-ring (bicyclic) bond motifs is 3. The molecule has 2 aromatic rings. The van der Waals surface area contributed by atoms with Crippen LogP contribution < -0.4 is 0 Å². The molecule has 0 aliphatic heterocycles. The van der Waals surface area contributed by atoms with Gasteiger partial charge < -0.3 is 30.3 Å². The Bertz CT molecular complexity index is 1150. The van der Waals surface area contributed by atoms with Crippen molar-refractivity contribution < 1.29 is 44.7 Å². The van der Waals surface area contributed by atoms with Gasteiger partial charge in [-0.2, -0.15) is 0 Å².